The number of alkyl halides is 1. The summed E-state index contributed by atoms with van der Waals surface area (Å²) in [5.41, 5.74) is 1.44. The number of hydrogen-bond donors (Lipinski definition) is 3. The van der Waals surface area contributed by atoms with Gasteiger partial charge in [0.1, 0.15) is 0 Å². The van der Waals surface area contributed by atoms with Gasteiger partial charge < -0.3 is 10.2 Å². The van der Waals surface area contributed by atoms with Crippen molar-refractivity contribution in [3.05, 3.63) is 17.2 Å². The highest BCUT2D eigenvalue weighted by Crippen LogP contribution is 2.46. The van der Waals surface area contributed by atoms with Crippen molar-refractivity contribution < 1.29 is 10.2 Å². The molecule has 2 rings (SSSR count). The molecule has 0 saturated heterocycles. The smallest absolute Gasteiger partial charge is 0.199 e. The Kier molecular flexibility index (Phi) is 2.65. The highest BCUT2D eigenvalue weighted by Gasteiger charge is 2.25. The molecule has 3 N–H and O–H groups in total. The summed E-state index contributed by atoms with van der Waals surface area (Å²) >= 11 is 7.19. The molecule has 0 aromatic carbocycles. The molecule has 76 valence electrons. The van der Waals surface area contributed by atoms with Crippen LogP contribution in [0.3, 0.4) is 0 Å². The molecule has 3 nitrogen and oxygen atoms in total. The Bertz CT molecular complexity index is 375. The maximum absolute atomic E-state index is 9.57. The van der Waals surface area contributed by atoms with Crippen LogP contribution in [0.2, 0.25) is 0 Å². The molecule has 0 radical (unpaired) electrons. The molecule has 1 aliphatic carbocycles. The zero-order valence-corrected chi connectivity index (χ0v) is 8.90. The first kappa shape index (κ1) is 9.80. The van der Waals surface area contributed by atoms with Gasteiger partial charge in [0, 0.05) is 16.4 Å². The van der Waals surface area contributed by atoms with Crippen LogP contribution >= 0.6 is 23.4 Å². The van der Waals surface area contributed by atoms with Crippen LogP contribution in [0.1, 0.15) is 22.8 Å². The number of allylic oxidation sites excluding steroid dienone is 1. The molecule has 5 heteroatoms. The van der Waals surface area contributed by atoms with Gasteiger partial charge in [0.05, 0.1) is 5.21 Å². The minimum absolute atomic E-state index is 0.0219. The quantitative estimate of drug-likeness (QED) is 0.686. The minimum atomic E-state index is 0.0219. The van der Waals surface area contributed by atoms with E-state index in [2.05, 4.69) is 4.98 Å². The number of fused-ring (bicyclic) bond motifs is 1. The molecule has 14 heavy (non-hydrogen) atoms. The van der Waals surface area contributed by atoms with Crippen LogP contribution in [-0.2, 0) is 0 Å². The van der Waals surface area contributed by atoms with E-state index in [0.29, 0.717) is 10.8 Å². The van der Waals surface area contributed by atoms with Gasteiger partial charge in [-0.15, -0.1) is 23.4 Å². The van der Waals surface area contributed by atoms with E-state index in [1.807, 2.05) is 12.2 Å². The molecule has 0 bridgehead atoms. The zero-order chi connectivity index (χ0) is 10.1. The average molecular weight is 232 g/mol. The van der Waals surface area contributed by atoms with Crippen LogP contribution in [0.4, 0.5) is 0 Å². The van der Waals surface area contributed by atoms with Crippen LogP contribution in [0, 0.1) is 0 Å². The van der Waals surface area contributed by atoms with E-state index in [-0.39, 0.29) is 17.0 Å². The van der Waals surface area contributed by atoms with Gasteiger partial charge in [-0.3, -0.25) is 4.98 Å². The molecule has 1 aromatic rings. The molecule has 0 saturated carbocycles. The first-order chi connectivity index (χ1) is 6.74. The summed E-state index contributed by atoms with van der Waals surface area (Å²) in [6.45, 7) is 0. The molecule has 0 amide bonds. The lowest BCUT2D eigenvalue weighted by molar-refractivity contribution is 0.423. The standard InChI is InChI=1S/C9H10ClNO2S/c10-4-14-6-3-1-2-5-7(6)9(13)11-8(5)12/h1-2,6,11-13H,3-4H2. The number of rotatable bonds is 2. The molecular weight excluding hydrogens is 222 g/mol. The third kappa shape index (κ3) is 1.48. The van der Waals surface area contributed by atoms with Crippen LogP contribution < -0.4 is 0 Å². The molecule has 1 aliphatic rings. The van der Waals surface area contributed by atoms with Crippen LogP contribution in [-0.4, -0.2) is 20.4 Å². The number of aromatic amines is 1. The normalized spacial score (nSPS) is 19.6. The van der Waals surface area contributed by atoms with Gasteiger partial charge in [0.15, 0.2) is 11.8 Å². The third-order valence-corrected chi connectivity index (χ3v) is 3.59. The maximum Gasteiger partial charge on any atom is 0.199 e. The summed E-state index contributed by atoms with van der Waals surface area (Å²) in [6.07, 6.45) is 4.61. The molecule has 1 aromatic heterocycles. The summed E-state index contributed by atoms with van der Waals surface area (Å²) in [4.78, 5) is 2.51. The number of H-pyrrole nitrogens is 1. The predicted molar refractivity (Wildman–Crippen MR) is 58.8 cm³/mol. The van der Waals surface area contributed by atoms with Crippen molar-refractivity contribution in [3.63, 3.8) is 0 Å². The fourth-order valence-electron chi connectivity index (χ4n) is 1.65. The van der Waals surface area contributed by atoms with Gasteiger partial charge in [-0.05, 0) is 6.42 Å². The predicted octanol–water partition coefficient (Wildman–Crippen LogP) is 2.81. The van der Waals surface area contributed by atoms with Crippen molar-refractivity contribution in [1.29, 1.82) is 0 Å². The molecule has 1 heterocycles. The van der Waals surface area contributed by atoms with Crippen molar-refractivity contribution >= 4 is 29.4 Å². The lowest BCUT2D eigenvalue weighted by Crippen LogP contribution is -1.97. The summed E-state index contributed by atoms with van der Waals surface area (Å²) in [5, 5.41) is 19.6. The minimum Gasteiger partial charge on any atom is -0.494 e. The number of nitrogens with one attached hydrogen (secondary N) is 1. The lowest BCUT2D eigenvalue weighted by atomic mass is 10.0. The van der Waals surface area contributed by atoms with Gasteiger partial charge in [0.25, 0.3) is 0 Å². The summed E-state index contributed by atoms with van der Waals surface area (Å²) in [7, 11) is 0. The van der Waals surface area contributed by atoms with Crippen molar-refractivity contribution in [3.8, 4) is 11.8 Å². The van der Waals surface area contributed by atoms with Gasteiger partial charge in [0.2, 0.25) is 0 Å². The van der Waals surface area contributed by atoms with E-state index in [4.69, 9.17) is 11.6 Å². The Hall–Kier alpha value is -0.740. The molecule has 0 spiro atoms. The van der Waals surface area contributed by atoms with Crippen molar-refractivity contribution in [2.24, 2.45) is 0 Å². The molecule has 0 aliphatic heterocycles. The van der Waals surface area contributed by atoms with E-state index in [0.717, 1.165) is 12.0 Å². The second-order valence-corrected chi connectivity index (χ2v) is 4.83. The van der Waals surface area contributed by atoms with Gasteiger partial charge >= 0.3 is 0 Å². The average Bonchev–Trinajstić information content (AvgIpc) is 2.44. The SMILES string of the molecule is Oc1[nH]c(O)c2c1C=CCC2SCCl. The monoisotopic (exact) mass is 231 g/mol. The summed E-state index contributed by atoms with van der Waals surface area (Å²) in [5.74, 6) is 0.0677. The molecule has 0 fully saturated rings. The van der Waals surface area contributed by atoms with Crippen molar-refractivity contribution in [2.45, 2.75) is 11.7 Å². The number of aromatic nitrogens is 1. The Balaban J connectivity index is 2.43. The summed E-state index contributed by atoms with van der Waals surface area (Å²) < 4.78 is 0. The highest BCUT2D eigenvalue weighted by atomic mass is 35.5. The van der Waals surface area contributed by atoms with E-state index in [1.165, 1.54) is 0 Å². The topological polar surface area (TPSA) is 56.2 Å². The van der Waals surface area contributed by atoms with Crippen LogP contribution in [0.25, 0.3) is 6.08 Å². The van der Waals surface area contributed by atoms with Gasteiger partial charge in [-0.25, -0.2) is 0 Å². The molecule has 1 unspecified atom stereocenters. The lowest BCUT2D eigenvalue weighted by Gasteiger charge is -2.16. The van der Waals surface area contributed by atoms with Crippen molar-refractivity contribution in [1.82, 2.24) is 4.98 Å². The first-order valence-corrected chi connectivity index (χ1v) is 5.80. The van der Waals surface area contributed by atoms with Crippen LogP contribution in [0.5, 0.6) is 11.8 Å². The number of aromatic hydroxyl groups is 2. The Morgan fingerprint density at radius 1 is 1.50 bits per heavy atom. The van der Waals surface area contributed by atoms with E-state index in [1.54, 1.807) is 11.8 Å². The van der Waals surface area contributed by atoms with Crippen molar-refractivity contribution in [2.75, 3.05) is 5.21 Å². The third-order valence-electron chi connectivity index (χ3n) is 2.26. The van der Waals surface area contributed by atoms with Crippen LogP contribution in [0.15, 0.2) is 6.08 Å². The van der Waals surface area contributed by atoms with Gasteiger partial charge in [-0.1, -0.05) is 12.2 Å². The number of thioether (sulfide) groups is 1. The molecule has 1 atom stereocenters. The van der Waals surface area contributed by atoms with E-state index in [9.17, 15) is 10.2 Å². The summed E-state index contributed by atoms with van der Waals surface area (Å²) in [6, 6.07) is 0. The second kappa shape index (κ2) is 3.79. The Morgan fingerprint density at radius 2 is 2.29 bits per heavy atom. The van der Waals surface area contributed by atoms with Gasteiger partial charge in [-0.2, -0.15) is 0 Å². The van der Waals surface area contributed by atoms with E-state index < -0.39 is 0 Å². The second-order valence-electron chi connectivity index (χ2n) is 3.05. The fraction of sp³-hybridized carbons (Fsp3) is 0.333. The Morgan fingerprint density at radius 3 is 3.00 bits per heavy atom. The number of halogens is 1. The first-order valence-electron chi connectivity index (χ1n) is 4.22. The zero-order valence-electron chi connectivity index (χ0n) is 7.33. The molecular formula is C9H10ClNO2S. The van der Waals surface area contributed by atoms with E-state index >= 15 is 0 Å². The maximum atomic E-state index is 9.57. The fourth-order valence-corrected chi connectivity index (χ4v) is 2.91. The largest absolute Gasteiger partial charge is 0.494 e. The highest BCUT2D eigenvalue weighted by molar-refractivity contribution is 8.00. The number of hydrogen-bond acceptors (Lipinski definition) is 3. The Labute approximate surface area is 90.8 Å².